The highest BCUT2D eigenvalue weighted by atomic mass is 19.2. The Bertz CT molecular complexity index is 1630. The number of carbonyl (C=O) groups excluding carboxylic acids is 1. The molecule has 1 amide bonds. The van der Waals surface area contributed by atoms with Crippen molar-refractivity contribution in [1.29, 1.82) is 0 Å². The van der Waals surface area contributed by atoms with Crippen molar-refractivity contribution in [2.24, 2.45) is 0 Å². The quantitative estimate of drug-likeness (QED) is 0.331. The normalized spacial score (nSPS) is 23.6. The Morgan fingerprint density at radius 3 is 2.60 bits per heavy atom. The van der Waals surface area contributed by atoms with Crippen molar-refractivity contribution >= 4 is 17.3 Å². The highest BCUT2D eigenvalue weighted by Gasteiger charge is 2.46. The average Bonchev–Trinajstić information content (AvgIpc) is 3.26. The van der Waals surface area contributed by atoms with Gasteiger partial charge >= 0.3 is 11.8 Å². The topological polar surface area (TPSA) is 134 Å². The Balaban J connectivity index is 1.20. The van der Waals surface area contributed by atoms with E-state index in [0.29, 0.717) is 37.1 Å². The van der Waals surface area contributed by atoms with Gasteiger partial charge < -0.3 is 19.8 Å². The lowest BCUT2D eigenvalue weighted by Crippen LogP contribution is -2.41. The van der Waals surface area contributed by atoms with Gasteiger partial charge in [-0.1, -0.05) is 18.2 Å². The second kappa shape index (κ2) is 10.1. The number of aliphatic hydroxyl groups excluding tert-OH is 1. The summed E-state index contributed by atoms with van der Waals surface area (Å²) < 4.78 is 36.3. The van der Waals surface area contributed by atoms with E-state index in [1.54, 1.807) is 22.9 Å². The number of hydrogen-bond acceptors (Lipinski definition) is 7. The van der Waals surface area contributed by atoms with Gasteiger partial charge in [-0.3, -0.25) is 14.5 Å². The molecule has 1 aliphatic carbocycles. The van der Waals surface area contributed by atoms with Gasteiger partial charge in [0.15, 0.2) is 17.3 Å². The number of imidazole rings is 1. The molecule has 1 fully saturated rings. The minimum Gasteiger partial charge on any atom is -0.440 e. The van der Waals surface area contributed by atoms with Crippen LogP contribution in [0.15, 0.2) is 59.7 Å². The second-order valence-corrected chi connectivity index (χ2v) is 10.2. The number of hydrogen-bond donors (Lipinski definition) is 3. The third kappa shape index (κ3) is 4.33. The summed E-state index contributed by atoms with van der Waals surface area (Å²) in [5.74, 6) is -2.40. The van der Waals surface area contributed by atoms with Crippen molar-refractivity contribution in [3.63, 3.8) is 0 Å². The van der Waals surface area contributed by atoms with E-state index in [0.717, 1.165) is 6.07 Å². The summed E-state index contributed by atoms with van der Waals surface area (Å²) in [4.78, 5) is 38.6. The molecule has 2 aliphatic rings. The van der Waals surface area contributed by atoms with Crippen LogP contribution in [0.25, 0.3) is 11.2 Å². The Hall–Kier alpha value is -4.16. The Morgan fingerprint density at radius 2 is 1.80 bits per heavy atom. The molecular formula is C28H27F2N5O5. The maximum atomic E-state index is 14.7. The summed E-state index contributed by atoms with van der Waals surface area (Å²) in [5, 5.41) is 22.7. The van der Waals surface area contributed by atoms with Crippen LogP contribution in [0.1, 0.15) is 60.8 Å². The van der Waals surface area contributed by atoms with Crippen LogP contribution in [-0.2, 0) is 10.3 Å². The average molecular weight is 552 g/mol. The van der Waals surface area contributed by atoms with Gasteiger partial charge in [0, 0.05) is 42.7 Å². The minimum absolute atomic E-state index is 0.00741. The molecular weight excluding hydrogens is 524 g/mol. The van der Waals surface area contributed by atoms with Gasteiger partial charge in [0.25, 0.3) is 0 Å². The first-order chi connectivity index (χ1) is 19.3. The zero-order chi connectivity index (χ0) is 28.0. The van der Waals surface area contributed by atoms with Crippen LogP contribution in [0.4, 0.5) is 13.6 Å². The van der Waals surface area contributed by atoms with Crippen LogP contribution in [0.2, 0.25) is 0 Å². The van der Waals surface area contributed by atoms with Gasteiger partial charge in [0.1, 0.15) is 17.8 Å². The zero-order valence-corrected chi connectivity index (χ0v) is 21.3. The molecule has 0 radical (unpaired) electrons. The maximum absolute atomic E-state index is 14.7. The molecule has 0 saturated carbocycles. The summed E-state index contributed by atoms with van der Waals surface area (Å²) in [5.41, 5.74) is -1.20. The molecule has 0 bridgehead atoms. The summed E-state index contributed by atoms with van der Waals surface area (Å²) in [6.45, 7) is 0.678. The van der Waals surface area contributed by atoms with Crippen LogP contribution in [0, 0.1) is 11.6 Å². The number of aromatic amines is 1. The summed E-state index contributed by atoms with van der Waals surface area (Å²) in [6.07, 6.45) is 0.719. The van der Waals surface area contributed by atoms with Gasteiger partial charge in [-0.25, -0.2) is 23.4 Å². The number of nitrogens with one attached hydrogen (secondary N) is 1. The van der Waals surface area contributed by atoms with E-state index in [4.69, 9.17) is 4.74 Å². The number of rotatable bonds is 3. The van der Waals surface area contributed by atoms with Crippen LogP contribution in [0.3, 0.4) is 0 Å². The van der Waals surface area contributed by atoms with Crippen molar-refractivity contribution in [2.45, 2.75) is 49.5 Å². The number of ether oxygens (including phenoxy) is 1. The molecule has 4 heterocycles. The number of amides is 1. The molecule has 3 N–H and O–H groups in total. The first-order valence-corrected chi connectivity index (χ1v) is 13.1. The van der Waals surface area contributed by atoms with E-state index < -0.39 is 35.5 Å². The molecule has 4 aromatic rings. The largest absolute Gasteiger partial charge is 0.440 e. The number of aliphatic hydroxyl groups is 2. The number of pyridine rings is 2. The number of halogens is 2. The highest BCUT2D eigenvalue weighted by Crippen LogP contribution is 2.47. The predicted molar refractivity (Wildman–Crippen MR) is 138 cm³/mol. The molecule has 1 aromatic carbocycles. The van der Waals surface area contributed by atoms with E-state index in [1.807, 2.05) is 6.07 Å². The number of benzene rings is 1. The number of fused-ring (bicyclic) bond motifs is 2. The molecule has 3 aromatic heterocycles. The highest BCUT2D eigenvalue weighted by molar-refractivity contribution is 5.70. The maximum Gasteiger partial charge on any atom is 0.410 e. The molecule has 0 unspecified atom stereocenters. The lowest BCUT2D eigenvalue weighted by atomic mass is 9.82. The summed E-state index contributed by atoms with van der Waals surface area (Å²) in [6, 6.07) is 9.93. The third-order valence-corrected chi connectivity index (χ3v) is 7.95. The van der Waals surface area contributed by atoms with Crippen LogP contribution >= 0.6 is 0 Å². The number of aromatic nitrogens is 4. The first-order valence-electron chi connectivity index (χ1n) is 13.1. The SMILES string of the molecule is O=C(O[C@@H]1CC[C@@](O)(c2cccc(F)c2F)[C@@H](O)c2cccnc21)N1CCC(n2c(=O)[nH]c3ncccc32)CC1. The molecule has 12 heteroatoms. The Morgan fingerprint density at radius 1 is 1.05 bits per heavy atom. The predicted octanol–water partition coefficient (Wildman–Crippen LogP) is 3.63. The van der Waals surface area contributed by atoms with Crippen molar-refractivity contribution < 1.29 is 28.5 Å². The van der Waals surface area contributed by atoms with Gasteiger partial charge in [-0.2, -0.15) is 0 Å². The van der Waals surface area contributed by atoms with Crippen LogP contribution in [-0.4, -0.2) is 53.8 Å². The number of H-pyrrole nitrogens is 1. The number of piperidine rings is 1. The van der Waals surface area contributed by atoms with Crippen molar-refractivity contribution in [2.75, 3.05) is 13.1 Å². The van der Waals surface area contributed by atoms with Gasteiger partial charge in [0.2, 0.25) is 0 Å². The fraction of sp³-hybridized carbons (Fsp3) is 0.357. The molecule has 10 nitrogen and oxygen atoms in total. The minimum atomic E-state index is -2.18. The van der Waals surface area contributed by atoms with Gasteiger partial charge in [-0.05, 0) is 49.9 Å². The molecule has 3 atom stereocenters. The third-order valence-electron chi connectivity index (χ3n) is 7.95. The second-order valence-electron chi connectivity index (χ2n) is 10.2. The Labute approximate surface area is 226 Å². The molecule has 6 rings (SSSR count). The fourth-order valence-electron chi connectivity index (χ4n) is 5.87. The van der Waals surface area contributed by atoms with Crippen molar-refractivity contribution in [1.82, 2.24) is 24.4 Å². The molecule has 1 saturated heterocycles. The molecule has 1 aliphatic heterocycles. The van der Waals surface area contributed by atoms with E-state index >= 15 is 0 Å². The summed E-state index contributed by atoms with van der Waals surface area (Å²) >= 11 is 0. The molecule has 0 spiro atoms. The lowest BCUT2D eigenvalue weighted by Gasteiger charge is -2.33. The van der Waals surface area contributed by atoms with Crippen molar-refractivity contribution in [3.05, 3.63) is 93.8 Å². The first kappa shape index (κ1) is 26.1. The van der Waals surface area contributed by atoms with Gasteiger partial charge in [0.05, 0.1) is 11.2 Å². The molecule has 40 heavy (non-hydrogen) atoms. The van der Waals surface area contributed by atoms with E-state index in [9.17, 15) is 28.6 Å². The zero-order valence-electron chi connectivity index (χ0n) is 21.3. The van der Waals surface area contributed by atoms with Crippen LogP contribution in [0.5, 0.6) is 0 Å². The Kier molecular flexibility index (Phi) is 6.59. The number of likely N-dealkylation sites (tertiary alicyclic amines) is 1. The smallest absolute Gasteiger partial charge is 0.410 e. The monoisotopic (exact) mass is 551 g/mol. The van der Waals surface area contributed by atoms with Crippen molar-refractivity contribution in [3.8, 4) is 0 Å². The van der Waals surface area contributed by atoms with Crippen LogP contribution < -0.4 is 5.69 Å². The van der Waals surface area contributed by atoms with E-state index in [1.165, 1.54) is 29.3 Å². The van der Waals surface area contributed by atoms with E-state index in [2.05, 4.69) is 15.0 Å². The number of carbonyl (C=O) groups is 1. The lowest BCUT2D eigenvalue weighted by molar-refractivity contribution is -0.0925. The fourth-order valence-corrected chi connectivity index (χ4v) is 5.87. The number of nitrogens with zero attached hydrogens (tertiary/aromatic N) is 4. The van der Waals surface area contributed by atoms with Gasteiger partial charge in [-0.15, -0.1) is 0 Å². The standard InChI is InChI=1S/C28H27F2N5O5/c29-19-6-1-5-18(22(19)30)28(39)11-8-21(23-17(24(28)36)4-2-12-31-23)40-27(38)34-14-9-16(10-15-34)35-20-7-3-13-32-25(20)33-26(35)37/h1-7,12-13,16,21,24,36,39H,8-11,14-15H2,(H,32,33,37)/t21-,24+,28-/m1/s1. The summed E-state index contributed by atoms with van der Waals surface area (Å²) in [7, 11) is 0. The molecule has 208 valence electrons. The van der Waals surface area contributed by atoms with E-state index in [-0.39, 0.29) is 41.4 Å².